The molecule has 0 fully saturated rings. The van der Waals surface area contributed by atoms with E-state index in [0.717, 1.165) is 5.75 Å². The van der Waals surface area contributed by atoms with Crippen molar-refractivity contribution in [3.05, 3.63) is 34.9 Å². The monoisotopic (exact) mass is 149 g/mol. The van der Waals surface area contributed by atoms with Crippen LogP contribution in [-0.2, 0) is 0 Å². The number of allylic oxidation sites excluding steroid dienone is 3. The third-order valence-electron chi connectivity index (χ3n) is 1.52. The number of fused-ring (bicyclic) bond motifs is 1. The van der Waals surface area contributed by atoms with Crippen molar-refractivity contribution in [1.29, 1.82) is 0 Å². The van der Waals surface area contributed by atoms with E-state index in [9.17, 15) is 0 Å². The molecule has 2 rings (SSSR count). The fraction of sp³-hybridized carbons (Fsp3) is 0.125. The topological polar surface area (TPSA) is 12.4 Å². The highest BCUT2D eigenvalue weighted by atomic mass is 32.2. The minimum Gasteiger partial charge on any atom is -0.265 e. The third kappa shape index (κ3) is 0.948. The molecule has 0 bridgehead atoms. The second-order valence-corrected chi connectivity index (χ2v) is 3.05. The van der Waals surface area contributed by atoms with E-state index in [-0.39, 0.29) is 0 Å². The Kier molecular flexibility index (Phi) is 1.47. The summed E-state index contributed by atoms with van der Waals surface area (Å²) in [5.41, 5.74) is 2.71. The van der Waals surface area contributed by atoms with Crippen molar-refractivity contribution in [2.24, 2.45) is 4.99 Å². The summed E-state index contributed by atoms with van der Waals surface area (Å²) < 4.78 is 0. The molecular weight excluding hydrogens is 142 g/mol. The Bertz CT molecular complexity index is 258. The van der Waals surface area contributed by atoms with Crippen LogP contribution in [0.15, 0.2) is 39.9 Å². The molecule has 0 amide bonds. The molecule has 0 aromatic carbocycles. The molecule has 0 saturated heterocycles. The maximum Gasteiger partial charge on any atom is 0.0274 e. The SMILES string of the molecule is C1=CC2=CSCC2=CC=N1. The highest BCUT2D eigenvalue weighted by molar-refractivity contribution is 8.02. The number of aliphatic imine (C=N–C) groups is 1. The molecule has 2 aliphatic heterocycles. The first-order valence-electron chi connectivity index (χ1n) is 3.18. The van der Waals surface area contributed by atoms with Gasteiger partial charge in [-0.3, -0.25) is 4.99 Å². The second kappa shape index (κ2) is 2.46. The van der Waals surface area contributed by atoms with Gasteiger partial charge in [-0.15, -0.1) is 11.8 Å². The van der Waals surface area contributed by atoms with E-state index in [1.807, 2.05) is 24.2 Å². The molecule has 2 aliphatic rings. The summed E-state index contributed by atoms with van der Waals surface area (Å²) in [7, 11) is 0. The van der Waals surface area contributed by atoms with Gasteiger partial charge in [0.2, 0.25) is 0 Å². The lowest BCUT2D eigenvalue weighted by atomic mass is 10.1. The first-order valence-corrected chi connectivity index (χ1v) is 4.23. The number of nitrogens with zero attached hydrogens (tertiary/aromatic N) is 1. The van der Waals surface area contributed by atoms with Crippen LogP contribution in [-0.4, -0.2) is 12.0 Å². The predicted molar refractivity (Wildman–Crippen MR) is 46.3 cm³/mol. The Balaban J connectivity index is 2.42. The van der Waals surface area contributed by atoms with Crippen LogP contribution in [0.1, 0.15) is 0 Å². The molecule has 0 aromatic heterocycles. The molecule has 50 valence electrons. The summed E-state index contributed by atoms with van der Waals surface area (Å²) in [5.74, 6) is 1.10. The fourth-order valence-electron chi connectivity index (χ4n) is 0.977. The van der Waals surface area contributed by atoms with E-state index in [1.54, 1.807) is 0 Å². The minimum atomic E-state index is 1.10. The summed E-state index contributed by atoms with van der Waals surface area (Å²) in [4.78, 5) is 4.02. The molecule has 1 nitrogen and oxygen atoms in total. The molecule has 0 unspecified atom stereocenters. The van der Waals surface area contributed by atoms with Gasteiger partial charge in [0, 0.05) is 18.2 Å². The molecule has 0 saturated carbocycles. The van der Waals surface area contributed by atoms with Gasteiger partial charge in [0.25, 0.3) is 0 Å². The first-order chi connectivity index (χ1) is 4.97. The Morgan fingerprint density at radius 2 is 2.50 bits per heavy atom. The smallest absolute Gasteiger partial charge is 0.0274 e. The van der Waals surface area contributed by atoms with Gasteiger partial charge in [0.15, 0.2) is 0 Å². The average molecular weight is 149 g/mol. The summed E-state index contributed by atoms with van der Waals surface area (Å²) in [6.07, 6.45) is 7.81. The molecule has 10 heavy (non-hydrogen) atoms. The van der Waals surface area contributed by atoms with Gasteiger partial charge in [-0.25, -0.2) is 0 Å². The highest BCUT2D eigenvalue weighted by Crippen LogP contribution is 2.28. The zero-order valence-electron chi connectivity index (χ0n) is 5.45. The normalized spacial score (nSPS) is 21.6. The fourth-order valence-corrected chi connectivity index (χ4v) is 1.91. The van der Waals surface area contributed by atoms with Crippen molar-refractivity contribution in [2.45, 2.75) is 0 Å². The molecule has 0 aromatic rings. The lowest BCUT2D eigenvalue weighted by Crippen LogP contribution is -1.81. The lowest BCUT2D eigenvalue weighted by Gasteiger charge is -1.92. The van der Waals surface area contributed by atoms with E-state index >= 15 is 0 Å². The van der Waals surface area contributed by atoms with E-state index in [2.05, 4.69) is 22.6 Å². The van der Waals surface area contributed by atoms with Crippen molar-refractivity contribution in [3.63, 3.8) is 0 Å². The van der Waals surface area contributed by atoms with Gasteiger partial charge < -0.3 is 0 Å². The Labute approximate surface area is 64.2 Å². The summed E-state index contributed by atoms with van der Waals surface area (Å²) in [6.45, 7) is 0. The maximum atomic E-state index is 4.02. The summed E-state index contributed by atoms with van der Waals surface area (Å²) >= 11 is 1.85. The van der Waals surface area contributed by atoms with Crippen LogP contribution in [0.4, 0.5) is 0 Å². The van der Waals surface area contributed by atoms with E-state index in [4.69, 9.17) is 0 Å². The van der Waals surface area contributed by atoms with E-state index in [1.165, 1.54) is 11.1 Å². The highest BCUT2D eigenvalue weighted by Gasteiger charge is 2.08. The van der Waals surface area contributed by atoms with Gasteiger partial charge in [-0.2, -0.15) is 0 Å². The van der Waals surface area contributed by atoms with Gasteiger partial charge in [0.1, 0.15) is 0 Å². The predicted octanol–water partition coefficient (Wildman–Crippen LogP) is 2.14. The third-order valence-corrected chi connectivity index (χ3v) is 2.42. The van der Waals surface area contributed by atoms with Crippen molar-refractivity contribution in [2.75, 3.05) is 5.75 Å². The Morgan fingerprint density at radius 3 is 3.50 bits per heavy atom. The van der Waals surface area contributed by atoms with Crippen molar-refractivity contribution >= 4 is 18.0 Å². The van der Waals surface area contributed by atoms with E-state index in [0.29, 0.717) is 0 Å². The van der Waals surface area contributed by atoms with Gasteiger partial charge in [-0.1, -0.05) is 0 Å². The lowest BCUT2D eigenvalue weighted by molar-refractivity contribution is 1.50. The molecule has 0 N–H and O–H groups in total. The summed E-state index contributed by atoms with van der Waals surface area (Å²) in [6, 6.07) is 0. The first kappa shape index (κ1) is 5.98. The Morgan fingerprint density at radius 1 is 1.50 bits per heavy atom. The Hall–Kier alpha value is -0.760. The zero-order chi connectivity index (χ0) is 6.81. The standard InChI is InChI=1S/C8H7NS/c1-3-9-4-2-8-6-10-5-7(1)8/h1-5H,6H2. The zero-order valence-corrected chi connectivity index (χ0v) is 6.27. The average Bonchev–Trinajstić information content (AvgIpc) is 2.28. The van der Waals surface area contributed by atoms with Gasteiger partial charge >= 0.3 is 0 Å². The molecule has 0 atom stereocenters. The number of hydrogen-bond donors (Lipinski definition) is 0. The molecule has 0 spiro atoms. The van der Waals surface area contributed by atoms with Crippen LogP contribution in [0.25, 0.3) is 0 Å². The van der Waals surface area contributed by atoms with Crippen LogP contribution in [0.3, 0.4) is 0 Å². The van der Waals surface area contributed by atoms with Crippen LogP contribution in [0, 0.1) is 0 Å². The maximum absolute atomic E-state index is 4.02. The number of hydrogen-bond acceptors (Lipinski definition) is 2. The second-order valence-electron chi connectivity index (χ2n) is 2.19. The summed E-state index contributed by atoms with van der Waals surface area (Å²) in [5, 5.41) is 2.18. The molecule has 0 aliphatic carbocycles. The molecule has 2 heteroatoms. The number of rotatable bonds is 0. The van der Waals surface area contributed by atoms with Crippen LogP contribution < -0.4 is 0 Å². The minimum absolute atomic E-state index is 1.10. The van der Waals surface area contributed by atoms with Gasteiger partial charge in [-0.05, 0) is 28.7 Å². The largest absolute Gasteiger partial charge is 0.265 e. The molecule has 0 radical (unpaired) electrons. The van der Waals surface area contributed by atoms with Crippen LogP contribution in [0.2, 0.25) is 0 Å². The molecule has 2 heterocycles. The molecular formula is C8H7NS. The van der Waals surface area contributed by atoms with Crippen molar-refractivity contribution in [3.8, 4) is 0 Å². The van der Waals surface area contributed by atoms with Crippen LogP contribution in [0.5, 0.6) is 0 Å². The quantitative estimate of drug-likeness (QED) is 0.514. The van der Waals surface area contributed by atoms with E-state index < -0.39 is 0 Å². The van der Waals surface area contributed by atoms with Crippen molar-refractivity contribution < 1.29 is 0 Å². The number of thioether (sulfide) groups is 1. The van der Waals surface area contributed by atoms with Crippen LogP contribution >= 0.6 is 11.8 Å². The van der Waals surface area contributed by atoms with Gasteiger partial charge in [0.05, 0.1) is 0 Å². The van der Waals surface area contributed by atoms with Crippen molar-refractivity contribution in [1.82, 2.24) is 0 Å².